The summed E-state index contributed by atoms with van der Waals surface area (Å²) in [5, 5.41) is 5.96. The van der Waals surface area contributed by atoms with Crippen molar-refractivity contribution in [2.24, 2.45) is 0 Å². The molecule has 0 saturated carbocycles. The van der Waals surface area contributed by atoms with E-state index in [2.05, 4.69) is 48.2 Å². The van der Waals surface area contributed by atoms with Crippen LogP contribution in [-0.2, 0) is 0 Å². The van der Waals surface area contributed by atoms with E-state index in [-0.39, 0.29) is 5.91 Å². The molecule has 0 spiro atoms. The third-order valence-corrected chi connectivity index (χ3v) is 3.20. The van der Waals surface area contributed by atoms with Gasteiger partial charge in [-0.2, -0.15) is 0 Å². The molecule has 0 aliphatic heterocycles. The minimum atomic E-state index is -0.201. The number of aromatic nitrogens is 1. The van der Waals surface area contributed by atoms with E-state index >= 15 is 0 Å². The minimum Gasteiger partial charge on any atom is -0.354 e. The van der Waals surface area contributed by atoms with Crippen molar-refractivity contribution in [3.05, 3.63) is 66.0 Å². The van der Waals surface area contributed by atoms with E-state index in [0.717, 1.165) is 11.4 Å². The fraction of sp³-hybridized carbons (Fsp3) is 0.176. The summed E-state index contributed by atoms with van der Waals surface area (Å²) in [6.45, 7) is 8.14. The molecule has 4 heteroatoms. The predicted molar refractivity (Wildman–Crippen MR) is 86.0 cm³/mol. The quantitative estimate of drug-likeness (QED) is 0.826. The second kappa shape index (κ2) is 6.70. The van der Waals surface area contributed by atoms with Crippen LogP contribution in [0.2, 0.25) is 0 Å². The number of anilines is 2. The van der Waals surface area contributed by atoms with Crippen LogP contribution in [0.3, 0.4) is 0 Å². The van der Waals surface area contributed by atoms with Gasteiger partial charge in [0.1, 0.15) is 5.69 Å². The molecule has 108 valence electrons. The summed E-state index contributed by atoms with van der Waals surface area (Å²) in [5.74, 6) is -0.201. The number of hydrogen-bond donors (Lipinski definition) is 2. The molecule has 0 atom stereocenters. The first-order valence-electron chi connectivity index (χ1n) is 6.79. The van der Waals surface area contributed by atoms with Gasteiger partial charge in [-0.1, -0.05) is 12.1 Å². The van der Waals surface area contributed by atoms with Gasteiger partial charge < -0.3 is 10.6 Å². The maximum Gasteiger partial charge on any atom is 0.270 e. The zero-order valence-electron chi connectivity index (χ0n) is 12.3. The molecule has 1 heterocycles. The average molecular weight is 281 g/mol. The molecule has 1 aromatic heterocycles. The first-order chi connectivity index (χ1) is 10.1. The lowest BCUT2D eigenvalue weighted by Crippen LogP contribution is -2.24. The number of nitrogens with one attached hydrogen (secondary N) is 2. The summed E-state index contributed by atoms with van der Waals surface area (Å²) < 4.78 is 0. The standard InChI is InChI=1S/C17H19N3O/c1-4-9-18-17(21)16-8-7-15(11-19-16)20-14-6-5-12(2)13(3)10-14/h4-8,10-11,20H,1,9H2,2-3H3,(H,18,21). The molecule has 4 nitrogen and oxygen atoms in total. The van der Waals surface area contributed by atoms with Gasteiger partial charge in [0.05, 0.1) is 11.9 Å². The van der Waals surface area contributed by atoms with Crippen LogP contribution in [0.5, 0.6) is 0 Å². The molecule has 0 aliphatic rings. The number of pyridine rings is 1. The van der Waals surface area contributed by atoms with Crippen LogP contribution in [0.4, 0.5) is 11.4 Å². The Labute approximate surface area is 124 Å². The number of amides is 1. The molecular weight excluding hydrogens is 262 g/mol. The summed E-state index contributed by atoms with van der Waals surface area (Å²) in [7, 11) is 0. The number of hydrogen-bond acceptors (Lipinski definition) is 3. The maximum absolute atomic E-state index is 11.7. The normalized spacial score (nSPS) is 10.0. The predicted octanol–water partition coefficient (Wildman–Crippen LogP) is 3.36. The van der Waals surface area contributed by atoms with E-state index in [9.17, 15) is 4.79 Å². The van der Waals surface area contributed by atoms with Crippen LogP contribution in [0, 0.1) is 13.8 Å². The Kier molecular flexibility index (Phi) is 4.72. The van der Waals surface area contributed by atoms with Crippen LogP contribution in [0.1, 0.15) is 21.6 Å². The van der Waals surface area contributed by atoms with Crippen molar-refractivity contribution < 1.29 is 4.79 Å². The van der Waals surface area contributed by atoms with Crippen molar-refractivity contribution >= 4 is 17.3 Å². The SMILES string of the molecule is C=CCNC(=O)c1ccc(Nc2ccc(C)c(C)c2)cn1. The molecule has 0 unspecified atom stereocenters. The number of benzene rings is 1. The zero-order chi connectivity index (χ0) is 15.2. The van der Waals surface area contributed by atoms with Gasteiger partial charge >= 0.3 is 0 Å². The summed E-state index contributed by atoms with van der Waals surface area (Å²) >= 11 is 0. The Morgan fingerprint density at radius 1 is 1.19 bits per heavy atom. The van der Waals surface area contributed by atoms with Gasteiger partial charge in [0.15, 0.2) is 0 Å². The summed E-state index contributed by atoms with van der Waals surface area (Å²) in [5.41, 5.74) is 4.73. The summed E-state index contributed by atoms with van der Waals surface area (Å²) in [6.07, 6.45) is 3.28. The van der Waals surface area contributed by atoms with Gasteiger partial charge in [-0.15, -0.1) is 6.58 Å². The number of aryl methyl sites for hydroxylation is 2. The van der Waals surface area contributed by atoms with Gasteiger partial charge in [-0.25, -0.2) is 4.98 Å². The second-order valence-electron chi connectivity index (χ2n) is 4.85. The lowest BCUT2D eigenvalue weighted by atomic mass is 10.1. The smallest absolute Gasteiger partial charge is 0.270 e. The minimum absolute atomic E-state index is 0.201. The molecular formula is C17H19N3O. The Hall–Kier alpha value is -2.62. The van der Waals surface area contributed by atoms with Crippen molar-refractivity contribution in [3.63, 3.8) is 0 Å². The van der Waals surface area contributed by atoms with Crippen molar-refractivity contribution in [2.45, 2.75) is 13.8 Å². The fourth-order valence-electron chi connectivity index (χ4n) is 1.84. The zero-order valence-corrected chi connectivity index (χ0v) is 12.3. The highest BCUT2D eigenvalue weighted by Gasteiger charge is 2.05. The van der Waals surface area contributed by atoms with Crippen molar-refractivity contribution in [2.75, 3.05) is 11.9 Å². The molecule has 1 aromatic carbocycles. The van der Waals surface area contributed by atoms with E-state index in [1.54, 1.807) is 18.3 Å². The van der Waals surface area contributed by atoms with Gasteiger partial charge in [-0.3, -0.25) is 4.79 Å². The molecule has 0 bridgehead atoms. The molecule has 2 rings (SSSR count). The van der Waals surface area contributed by atoms with Gasteiger partial charge in [-0.05, 0) is 49.2 Å². The number of carbonyl (C=O) groups is 1. The largest absolute Gasteiger partial charge is 0.354 e. The Morgan fingerprint density at radius 2 is 1.95 bits per heavy atom. The molecule has 2 N–H and O–H groups in total. The number of carbonyl (C=O) groups excluding carboxylic acids is 1. The first kappa shape index (κ1) is 14.8. The molecule has 0 aliphatic carbocycles. The lowest BCUT2D eigenvalue weighted by Gasteiger charge is -2.09. The monoisotopic (exact) mass is 281 g/mol. The molecule has 21 heavy (non-hydrogen) atoms. The van der Waals surface area contributed by atoms with E-state index < -0.39 is 0 Å². The van der Waals surface area contributed by atoms with Crippen LogP contribution < -0.4 is 10.6 Å². The lowest BCUT2D eigenvalue weighted by molar-refractivity contribution is 0.0953. The third kappa shape index (κ3) is 3.92. The average Bonchev–Trinajstić information content (AvgIpc) is 2.49. The van der Waals surface area contributed by atoms with Crippen LogP contribution >= 0.6 is 0 Å². The Bertz CT molecular complexity index is 648. The molecule has 0 radical (unpaired) electrons. The molecule has 0 fully saturated rings. The van der Waals surface area contributed by atoms with Crippen molar-refractivity contribution in [1.82, 2.24) is 10.3 Å². The summed E-state index contributed by atoms with van der Waals surface area (Å²) in [4.78, 5) is 15.9. The fourth-order valence-corrected chi connectivity index (χ4v) is 1.84. The number of nitrogens with zero attached hydrogens (tertiary/aromatic N) is 1. The van der Waals surface area contributed by atoms with Crippen LogP contribution in [-0.4, -0.2) is 17.4 Å². The van der Waals surface area contributed by atoms with Crippen LogP contribution in [0.15, 0.2) is 49.2 Å². The van der Waals surface area contributed by atoms with Gasteiger partial charge in [0.25, 0.3) is 5.91 Å². The van der Waals surface area contributed by atoms with E-state index in [4.69, 9.17) is 0 Å². The Morgan fingerprint density at radius 3 is 2.57 bits per heavy atom. The Balaban J connectivity index is 2.06. The van der Waals surface area contributed by atoms with Crippen molar-refractivity contribution in [1.29, 1.82) is 0 Å². The summed E-state index contributed by atoms with van der Waals surface area (Å²) in [6, 6.07) is 9.71. The third-order valence-electron chi connectivity index (χ3n) is 3.20. The van der Waals surface area contributed by atoms with Crippen molar-refractivity contribution in [3.8, 4) is 0 Å². The van der Waals surface area contributed by atoms with Gasteiger partial charge in [0, 0.05) is 12.2 Å². The van der Waals surface area contributed by atoms with E-state index in [0.29, 0.717) is 12.2 Å². The van der Waals surface area contributed by atoms with E-state index in [1.165, 1.54) is 11.1 Å². The van der Waals surface area contributed by atoms with Crippen LogP contribution in [0.25, 0.3) is 0 Å². The van der Waals surface area contributed by atoms with Gasteiger partial charge in [0.2, 0.25) is 0 Å². The van der Waals surface area contributed by atoms with E-state index in [1.807, 2.05) is 12.1 Å². The number of rotatable bonds is 5. The first-order valence-corrected chi connectivity index (χ1v) is 6.79. The highest BCUT2D eigenvalue weighted by Crippen LogP contribution is 2.19. The second-order valence-corrected chi connectivity index (χ2v) is 4.85. The highest BCUT2D eigenvalue weighted by molar-refractivity contribution is 5.92. The molecule has 0 saturated heterocycles. The highest BCUT2D eigenvalue weighted by atomic mass is 16.1. The molecule has 1 amide bonds. The topological polar surface area (TPSA) is 54.0 Å². The maximum atomic E-state index is 11.7. The molecule has 2 aromatic rings.